The third-order valence-electron chi connectivity index (χ3n) is 5.29. The zero-order valence-electron chi connectivity index (χ0n) is 17.2. The molecule has 2 aromatic rings. The lowest BCUT2D eigenvalue weighted by Crippen LogP contribution is -2.53. The first kappa shape index (κ1) is 23.2. The van der Waals surface area contributed by atoms with Gasteiger partial charge in [-0.05, 0) is 49.7 Å². The molecule has 0 bridgehead atoms. The number of carbonyl (C=O) groups is 1. The van der Waals surface area contributed by atoms with Crippen LogP contribution in [0.4, 0.5) is 18.9 Å². The van der Waals surface area contributed by atoms with Crippen LogP contribution in [-0.4, -0.2) is 55.8 Å². The number of nitrogens with zero attached hydrogens (tertiary/aromatic N) is 2. The topological polar surface area (TPSA) is 69.7 Å². The first-order valence-corrected chi connectivity index (χ1v) is 11.2. The van der Waals surface area contributed by atoms with Crippen LogP contribution in [0.2, 0.25) is 0 Å². The van der Waals surface area contributed by atoms with Gasteiger partial charge in [-0.15, -0.1) is 0 Å². The Labute approximate surface area is 179 Å². The van der Waals surface area contributed by atoms with Gasteiger partial charge in [0.1, 0.15) is 0 Å². The summed E-state index contributed by atoms with van der Waals surface area (Å²) in [5.74, 6) is -0.209. The molecule has 1 N–H and O–H groups in total. The van der Waals surface area contributed by atoms with E-state index in [-0.39, 0.29) is 23.9 Å². The van der Waals surface area contributed by atoms with Crippen molar-refractivity contribution in [3.63, 3.8) is 0 Å². The van der Waals surface area contributed by atoms with E-state index in [1.54, 1.807) is 13.0 Å². The van der Waals surface area contributed by atoms with Crippen molar-refractivity contribution in [1.29, 1.82) is 0 Å². The van der Waals surface area contributed by atoms with Crippen molar-refractivity contribution < 1.29 is 26.4 Å². The number of halogens is 3. The smallest absolute Gasteiger partial charge is 0.325 e. The molecule has 0 saturated carbocycles. The Morgan fingerprint density at radius 3 is 2.29 bits per heavy atom. The van der Waals surface area contributed by atoms with Gasteiger partial charge in [-0.2, -0.15) is 17.5 Å². The van der Waals surface area contributed by atoms with Crippen molar-refractivity contribution in [2.24, 2.45) is 0 Å². The van der Waals surface area contributed by atoms with Gasteiger partial charge in [0.15, 0.2) is 0 Å². The van der Waals surface area contributed by atoms with Gasteiger partial charge in [-0.3, -0.25) is 9.69 Å². The van der Waals surface area contributed by atoms with E-state index in [1.807, 2.05) is 30.0 Å². The van der Waals surface area contributed by atoms with E-state index >= 15 is 0 Å². The van der Waals surface area contributed by atoms with E-state index in [0.29, 0.717) is 24.8 Å². The van der Waals surface area contributed by atoms with Crippen LogP contribution >= 0.6 is 0 Å². The first-order chi connectivity index (χ1) is 14.5. The predicted molar refractivity (Wildman–Crippen MR) is 111 cm³/mol. The van der Waals surface area contributed by atoms with Gasteiger partial charge in [-0.25, -0.2) is 8.42 Å². The number of sulfonamides is 1. The summed E-state index contributed by atoms with van der Waals surface area (Å²) >= 11 is 0. The maximum atomic E-state index is 12.9. The number of alkyl halides is 3. The number of rotatable bonds is 5. The summed E-state index contributed by atoms with van der Waals surface area (Å²) in [5.41, 5.74) is 0.690. The van der Waals surface area contributed by atoms with Crippen LogP contribution < -0.4 is 5.32 Å². The molecule has 1 aliphatic rings. The fourth-order valence-electron chi connectivity index (χ4n) is 3.45. The fraction of sp³-hybridized carbons (Fsp3) is 0.381. The van der Waals surface area contributed by atoms with Crippen molar-refractivity contribution in [3.05, 3.63) is 59.7 Å². The molecule has 1 saturated heterocycles. The molecule has 1 amide bonds. The Morgan fingerprint density at radius 2 is 1.68 bits per heavy atom. The SMILES string of the molecule is Cc1cccc(NC(=O)[C@@H](C)N2CCN(S(=O)(=O)c3cccc(C(F)(F)F)c3)CC2)c1. The van der Waals surface area contributed by atoms with Gasteiger partial charge in [-0.1, -0.05) is 18.2 Å². The number of piperazine rings is 1. The third-order valence-corrected chi connectivity index (χ3v) is 7.18. The second-order valence-electron chi connectivity index (χ2n) is 7.50. The Hall–Kier alpha value is -2.43. The lowest BCUT2D eigenvalue weighted by Gasteiger charge is -2.36. The van der Waals surface area contributed by atoms with Gasteiger partial charge >= 0.3 is 6.18 Å². The lowest BCUT2D eigenvalue weighted by atomic mass is 10.2. The van der Waals surface area contributed by atoms with Crippen molar-refractivity contribution in [3.8, 4) is 0 Å². The summed E-state index contributed by atoms with van der Waals surface area (Å²) in [6, 6.07) is 10.7. The predicted octanol–water partition coefficient (Wildman–Crippen LogP) is 3.35. The first-order valence-electron chi connectivity index (χ1n) is 9.77. The summed E-state index contributed by atoms with van der Waals surface area (Å²) in [7, 11) is -4.06. The quantitative estimate of drug-likeness (QED) is 0.751. The molecule has 1 aliphatic heterocycles. The average molecular weight is 456 g/mol. The summed E-state index contributed by atoms with van der Waals surface area (Å²) in [6.07, 6.45) is -4.62. The van der Waals surface area contributed by atoms with Crippen LogP contribution in [-0.2, 0) is 21.0 Å². The number of hydrogen-bond acceptors (Lipinski definition) is 4. The number of benzene rings is 2. The van der Waals surface area contributed by atoms with Gasteiger partial charge in [0.05, 0.1) is 16.5 Å². The largest absolute Gasteiger partial charge is 0.416 e. The maximum Gasteiger partial charge on any atom is 0.416 e. The van der Waals surface area contributed by atoms with E-state index in [2.05, 4.69) is 5.32 Å². The van der Waals surface area contributed by atoms with Crippen molar-refractivity contribution in [2.75, 3.05) is 31.5 Å². The van der Waals surface area contributed by atoms with Gasteiger partial charge in [0.25, 0.3) is 0 Å². The van der Waals surface area contributed by atoms with E-state index in [1.165, 1.54) is 0 Å². The zero-order chi connectivity index (χ0) is 22.8. The van der Waals surface area contributed by atoms with Crippen molar-refractivity contribution >= 4 is 21.6 Å². The highest BCUT2D eigenvalue weighted by Gasteiger charge is 2.35. The molecule has 31 heavy (non-hydrogen) atoms. The summed E-state index contributed by atoms with van der Waals surface area (Å²) < 4.78 is 65.6. The normalized spacial score (nSPS) is 17.3. The zero-order valence-corrected chi connectivity index (χ0v) is 18.0. The molecule has 10 heteroatoms. The van der Waals surface area contributed by atoms with Crippen molar-refractivity contribution in [1.82, 2.24) is 9.21 Å². The molecule has 0 unspecified atom stereocenters. The second-order valence-corrected chi connectivity index (χ2v) is 9.44. The molecule has 6 nitrogen and oxygen atoms in total. The number of anilines is 1. The summed E-state index contributed by atoms with van der Waals surface area (Å²) in [5, 5.41) is 2.85. The molecule has 0 aromatic heterocycles. The minimum atomic E-state index is -4.62. The molecule has 2 aromatic carbocycles. The van der Waals surface area contributed by atoms with E-state index < -0.39 is 27.8 Å². The van der Waals surface area contributed by atoms with E-state index in [9.17, 15) is 26.4 Å². The molecule has 1 atom stereocenters. The molecule has 3 rings (SSSR count). The van der Waals surface area contributed by atoms with Crippen LogP contribution in [0.25, 0.3) is 0 Å². The number of nitrogens with one attached hydrogen (secondary N) is 1. The fourth-order valence-corrected chi connectivity index (χ4v) is 4.92. The summed E-state index contributed by atoms with van der Waals surface area (Å²) in [4.78, 5) is 14.0. The molecular weight excluding hydrogens is 431 g/mol. The third kappa shape index (κ3) is 5.44. The number of hydrogen-bond donors (Lipinski definition) is 1. The van der Waals surface area contributed by atoms with E-state index in [4.69, 9.17) is 0 Å². The molecule has 0 aliphatic carbocycles. The van der Waals surface area contributed by atoms with E-state index in [0.717, 1.165) is 28.1 Å². The Kier molecular flexibility index (Phi) is 6.73. The molecule has 168 valence electrons. The minimum absolute atomic E-state index is 0.0840. The Morgan fingerprint density at radius 1 is 1.03 bits per heavy atom. The number of carbonyl (C=O) groups excluding carboxylic acids is 1. The molecule has 0 radical (unpaired) electrons. The monoisotopic (exact) mass is 455 g/mol. The van der Waals surface area contributed by atoms with Crippen LogP contribution in [0.3, 0.4) is 0 Å². The summed E-state index contributed by atoms with van der Waals surface area (Å²) in [6.45, 7) is 4.41. The lowest BCUT2D eigenvalue weighted by molar-refractivity contribution is -0.137. The van der Waals surface area contributed by atoms with Crippen molar-refractivity contribution in [2.45, 2.75) is 31.0 Å². The van der Waals surface area contributed by atoms with Crippen LogP contribution in [0.15, 0.2) is 53.4 Å². The standard InChI is InChI=1S/C21H24F3N3O3S/c1-15-5-3-7-18(13-15)25-20(28)16(2)26-9-11-27(12-10-26)31(29,30)19-8-4-6-17(14-19)21(22,23)24/h3-8,13-14,16H,9-12H2,1-2H3,(H,25,28)/t16-/m1/s1. The van der Waals surface area contributed by atoms with Crippen LogP contribution in [0, 0.1) is 6.92 Å². The number of aryl methyl sites for hydroxylation is 1. The van der Waals surface area contributed by atoms with Crippen LogP contribution in [0.5, 0.6) is 0 Å². The van der Waals surface area contributed by atoms with Gasteiger partial charge < -0.3 is 5.32 Å². The number of amides is 1. The highest BCUT2D eigenvalue weighted by atomic mass is 32.2. The molecule has 1 heterocycles. The molecule has 1 fully saturated rings. The molecular formula is C21H24F3N3O3S. The second kappa shape index (κ2) is 8.97. The van der Waals surface area contributed by atoms with Crippen LogP contribution in [0.1, 0.15) is 18.1 Å². The van der Waals surface area contributed by atoms with Gasteiger partial charge in [0.2, 0.25) is 15.9 Å². The maximum absolute atomic E-state index is 12.9. The average Bonchev–Trinajstić information content (AvgIpc) is 2.73. The Balaban J connectivity index is 1.64. The minimum Gasteiger partial charge on any atom is -0.325 e. The highest BCUT2D eigenvalue weighted by molar-refractivity contribution is 7.89. The molecule has 0 spiro atoms. The Bertz CT molecular complexity index is 1050. The highest BCUT2D eigenvalue weighted by Crippen LogP contribution is 2.31. The van der Waals surface area contributed by atoms with Gasteiger partial charge in [0, 0.05) is 31.9 Å².